The lowest BCUT2D eigenvalue weighted by Crippen LogP contribution is -2.29. The molecule has 19 heavy (non-hydrogen) atoms. The van der Waals surface area contributed by atoms with Crippen LogP contribution < -0.4 is 0 Å². The van der Waals surface area contributed by atoms with Gasteiger partial charge in [-0.3, -0.25) is 4.90 Å². The van der Waals surface area contributed by atoms with Gasteiger partial charge in [0.25, 0.3) is 0 Å². The number of likely N-dealkylation sites (tertiary alicyclic amines) is 1. The van der Waals surface area contributed by atoms with E-state index in [4.69, 9.17) is 5.11 Å². The van der Waals surface area contributed by atoms with Gasteiger partial charge in [-0.25, -0.2) is 0 Å². The second-order valence-electron chi connectivity index (χ2n) is 4.71. The van der Waals surface area contributed by atoms with Crippen LogP contribution in [0.3, 0.4) is 0 Å². The summed E-state index contributed by atoms with van der Waals surface area (Å²) in [5.74, 6) is 0. The van der Waals surface area contributed by atoms with Crippen LogP contribution in [0, 0.1) is 0 Å². The summed E-state index contributed by atoms with van der Waals surface area (Å²) < 4.78 is 38.9. The molecule has 0 aromatic heterocycles. The SMILES string of the molecule is OCCN1CC(O)CC1c1ccccc1C(F)(F)F. The number of benzene rings is 1. The van der Waals surface area contributed by atoms with Crippen LogP contribution >= 0.6 is 0 Å². The van der Waals surface area contributed by atoms with Crippen molar-refractivity contribution in [2.24, 2.45) is 0 Å². The molecule has 1 heterocycles. The molecule has 0 aliphatic carbocycles. The highest BCUT2D eigenvalue weighted by atomic mass is 19.4. The maximum atomic E-state index is 13.0. The molecule has 2 atom stereocenters. The molecule has 1 aromatic rings. The molecule has 1 aliphatic rings. The topological polar surface area (TPSA) is 43.7 Å². The maximum absolute atomic E-state index is 13.0. The lowest BCUT2D eigenvalue weighted by atomic mass is 9.97. The quantitative estimate of drug-likeness (QED) is 0.884. The van der Waals surface area contributed by atoms with Gasteiger partial charge in [0, 0.05) is 19.1 Å². The summed E-state index contributed by atoms with van der Waals surface area (Å²) in [7, 11) is 0. The Labute approximate surface area is 109 Å². The fourth-order valence-electron chi connectivity index (χ4n) is 2.62. The molecule has 1 saturated heterocycles. The first-order chi connectivity index (χ1) is 8.93. The lowest BCUT2D eigenvalue weighted by molar-refractivity contribution is -0.138. The van der Waals surface area contributed by atoms with E-state index in [2.05, 4.69) is 0 Å². The van der Waals surface area contributed by atoms with Crippen LogP contribution in [-0.2, 0) is 6.18 Å². The summed E-state index contributed by atoms with van der Waals surface area (Å²) in [6, 6.07) is 4.91. The number of halogens is 3. The Kier molecular flexibility index (Phi) is 4.13. The van der Waals surface area contributed by atoms with E-state index >= 15 is 0 Å². The van der Waals surface area contributed by atoms with Crippen LogP contribution in [0.2, 0.25) is 0 Å². The minimum Gasteiger partial charge on any atom is -0.395 e. The van der Waals surface area contributed by atoms with E-state index in [1.165, 1.54) is 12.1 Å². The zero-order chi connectivity index (χ0) is 14.0. The molecule has 2 N–H and O–H groups in total. The summed E-state index contributed by atoms with van der Waals surface area (Å²) >= 11 is 0. The van der Waals surface area contributed by atoms with Crippen molar-refractivity contribution in [2.45, 2.75) is 24.7 Å². The predicted molar refractivity (Wildman–Crippen MR) is 63.5 cm³/mol. The number of nitrogens with zero attached hydrogens (tertiary/aromatic N) is 1. The third kappa shape index (κ3) is 3.08. The van der Waals surface area contributed by atoms with Crippen molar-refractivity contribution in [1.82, 2.24) is 4.90 Å². The second-order valence-corrected chi connectivity index (χ2v) is 4.71. The van der Waals surface area contributed by atoms with Crippen molar-refractivity contribution < 1.29 is 23.4 Å². The minimum absolute atomic E-state index is 0.141. The highest BCUT2D eigenvalue weighted by molar-refractivity contribution is 5.33. The van der Waals surface area contributed by atoms with Crippen molar-refractivity contribution in [3.05, 3.63) is 35.4 Å². The summed E-state index contributed by atoms with van der Waals surface area (Å²) in [6.07, 6.45) is -4.81. The molecular formula is C13H16F3NO2. The van der Waals surface area contributed by atoms with Crippen molar-refractivity contribution in [2.75, 3.05) is 19.7 Å². The molecule has 1 aliphatic heterocycles. The first kappa shape index (κ1) is 14.3. The summed E-state index contributed by atoms with van der Waals surface area (Å²) in [4.78, 5) is 1.69. The average Bonchev–Trinajstić information content (AvgIpc) is 2.70. The largest absolute Gasteiger partial charge is 0.416 e. The van der Waals surface area contributed by atoms with Crippen molar-refractivity contribution in [3.8, 4) is 0 Å². The highest BCUT2D eigenvalue weighted by Gasteiger charge is 2.39. The van der Waals surface area contributed by atoms with Crippen LogP contribution in [0.1, 0.15) is 23.6 Å². The maximum Gasteiger partial charge on any atom is 0.416 e. The number of rotatable bonds is 3. The number of hydrogen-bond donors (Lipinski definition) is 2. The van der Waals surface area contributed by atoms with Gasteiger partial charge in [-0.05, 0) is 18.1 Å². The average molecular weight is 275 g/mol. The van der Waals surface area contributed by atoms with Crippen molar-refractivity contribution in [3.63, 3.8) is 0 Å². The van der Waals surface area contributed by atoms with E-state index in [9.17, 15) is 18.3 Å². The fourth-order valence-corrected chi connectivity index (χ4v) is 2.62. The Morgan fingerprint density at radius 3 is 2.58 bits per heavy atom. The first-order valence-corrected chi connectivity index (χ1v) is 6.12. The molecule has 106 valence electrons. The normalized spacial score (nSPS) is 24.9. The van der Waals surface area contributed by atoms with Gasteiger partial charge in [0.1, 0.15) is 0 Å². The second kappa shape index (κ2) is 5.48. The van der Waals surface area contributed by atoms with Crippen LogP contribution in [0.5, 0.6) is 0 Å². The summed E-state index contributed by atoms with van der Waals surface area (Å²) in [6.45, 7) is 0.405. The Balaban J connectivity index is 2.35. The summed E-state index contributed by atoms with van der Waals surface area (Å²) in [5.41, 5.74) is -0.503. The Bertz CT molecular complexity index is 436. The third-order valence-electron chi connectivity index (χ3n) is 3.39. The molecule has 6 heteroatoms. The molecule has 1 fully saturated rings. The zero-order valence-electron chi connectivity index (χ0n) is 10.3. The number of alkyl halides is 3. The van der Waals surface area contributed by atoms with E-state index in [0.717, 1.165) is 6.07 Å². The molecular weight excluding hydrogens is 259 g/mol. The molecule has 0 spiro atoms. The van der Waals surface area contributed by atoms with Gasteiger partial charge < -0.3 is 10.2 Å². The smallest absolute Gasteiger partial charge is 0.395 e. The van der Waals surface area contributed by atoms with Gasteiger partial charge >= 0.3 is 6.18 Å². The zero-order valence-corrected chi connectivity index (χ0v) is 10.3. The van der Waals surface area contributed by atoms with E-state index < -0.39 is 23.9 Å². The molecule has 0 bridgehead atoms. The molecule has 0 radical (unpaired) electrons. The summed E-state index contributed by atoms with van der Waals surface area (Å²) in [5, 5.41) is 18.6. The van der Waals surface area contributed by atoms with Gasteiger partial charge in [0.05, 0.1) is 18.3 Å². The fraction of sp³-hybridized carbons (Fsp3) is 0.538. The van der Waals surface area contributed by atoms with Gasteiger partial charge in [0.15, 0.2) is 0 Å². The van der Waals surface area contributed by atoms with Crippen LogP contribution in [0.15, 0.2) is 24.3 Å². The van der Waals surface area contributed by atoms with Gasteiger partial charge in [0.2, 0.25) is 0 Å². The predicted octanol–water partition coefficient (Wildman–Crippen LogP) is 1.81. The van der Waals surface area contributed by atoms with Crippen molar-refractivity contribution >= 4 is 0 Å². The molecule has 0 saturated carbocycles. The lowest BCUT2D eigenvalue weighted by Gasteiger charge is -2.26. The monoisotopic (exact) mass is 275 g/mol. The minimum atomic E-state index is -4.41. The van der Waals surface area contributed by atoms with E-state index in [1.807, 2.05) is 0 Å². The van der Waals surface area contributed by atoms with Crippen molar-refractivity contribution in [1.29, 1.82) is 0 Å². The van der Waals surface area contributed by atoms with Gasteiger partial charge in [-0.15, -0.1) is 0 Å². The molecule has 2 unspecified atom stereocenters. The van der Waals surface area contributed by atoms with E-state index in [1.54, 1.807) is 11.0 Å². The van der Waals surface area contributed by atoms with E-state index in [0.29, 0.717) is 0 Å². The van der Waals surface area contributed by atoms with Gasteiger partial charge in [-0.1, -0.05) is 18.2 Å². The first-order valence-electron chi connectivity index (χ1n) is 6.12. The molecule has 0 amide bonds. The van der Waals surface area contributed by atoms with Gasteiger partial charge in [-0.2, -0.15) is 13.2 Å². The molecule has 2 rings (SSSR count). The Morgan fingerprint density at radius 1 is 1.26 bits per heavy atom. The Morgan fingerprint density at radius 2 is 1.95 bits per heavy atom. The number of aliphatic hydroxyl groups excluding tert-OH is 2. The standard InChI is InChI=1S/C13H16F3NO2/c14-13(15,16)11-4-2-1-3-10(11)12-7-9(19)8-17(12)5-6-18/h1-4,9,12,18-19H,5-8H2. The third-order valence-corrected chi connectivity index (χ3v) is 3.39. The van der Waals surface area contributed by atoms with E-state index in [-0.39, 0.29) is 31.7 Å². The van der Waals surface area contributed by atoms with Crippen LogP contribution in [-0.4, -0.2) is 40.9 Å². The number of β-amino-alcohol motifs (C(OH)–C–C–N with tert-alkyl or cyclic N) is 2. The number of aliphatic hydroxyl groups is 2. The van der Waals surface area contributed by atoms with Crippen LogP contribution in [0.25, 0.3) is 0 Å². The highest BCUT2D eigenvalue weighted by Crippen LogP contribution is 2.40. The molecule has 1 aromatic carbocycles. The number of hydrogen-bond acceptors (Lipinski definition) is 3. The van der Waals surface area contributed by atoms with Crippen LogP contribution in [0.4, 0.5) is 13.2 Å². The molecule has 3 nitrogen and oxygen atoms in total. The Hall–Kier alpha value is -1.11.